The van der Waals surface area contributed by atoms with E-state index in [9.17, 15) is 14.9 Å². The molecule has 108 valence electrons. The smallest absolute Gasteiger partial charge is 0.342 e. The van der Waals surface area contributed by atoms with Gasteiger partial charge in [0.15, 0.2) is 0 Å². The van der Waals surface area contributed by atoms with Crippen LogP contribution < -0.4 is 10.1 Å². The van der Waals surface area contributed by atoms with E-state index in [0.717, 1.165) is 6.07 Å². The topological polar surface area (TPSA) is 102 Å². The summed E-state index contributed by atoms with van der Waals surface area (Å²) in [6.07, 6.45) is 0. The van der Waals surface area contributed by atoms with Gasteiger partial charge in [0.05, 0.1) is 12.0 Å². The van der Waals surface area contributed by atoms with Crippen molar-refractivity contribution >= 4 is 23.0 Å². The normalized spacial score (nSPS) is 9.95. The van der Waals surface area contributed by atoms with Crippen molar-refractivity contribution in [1.82, 2.24) is 0 Å². The molecule has 0 aliphatic carbocycles. The number of anilines is 2. The van der Waals surface area contributed by atoms with Crippen molar-refractivity contribution in [2.24, 2.45) is 0 Å². The molecule has 0 fully saturated rings. The number of nitrogens with one attached hydrogen (secondary N) is 1. The van der Waals surface area contributed by atoms with Crippen LogP contribution in [0.2, 0.25) is 0 Å². The van der Waals surface area contributed by atoms with Crippen LogP contribution in [0.3, 0.4) is 0 Å². The van der Waals surface area contributed by atoms with Gasteiger partial charge in [0.1, 0.15) is 11.3 Å². The second-order valence-electron chi connectivity index (χ2n) is 4.15. The Balaban J connectivity index is 2.34. The highest BCUT2D eigenvalue weighted by molar-refractivity contribution is 5.93. The fraction of sp³-hybridized carbons (Fsp3) is 0.0714. The van der Waals surface area contributed by atoms with Crippen molar-refractivity contribution in [2.75, 3.05) is 12.4 Å². The minimum absolute atomic E-state index is 0.368. The quantitative estimate of drug-likeness (QED) is 0.647. The molecule has 2 aromatic carbocycles. The van der Waals surface area contributed by atoms with Gasteiger partial charge < -0.3 is 15.2 Å². The predicted molar refractivity (Wildman–Crippen MR) is 76.3 cm³/mol. The Morgan fingerprint density at radius 1 is 1.24 bits per heavy atom. The van der Waals surface area contributed by atoms with Crippen LogP contribution >= 0.6 is 0 Å². The van der Waals surface area contributed by atoms with Crippen molar-refractivity contribution in [3.05, 3.63) is 58.1 Å². The molecular formula is C14H12N2O5. The molecule has 2 rings (SSSR count). The van der Waals surface area contributed by atoms with Gasteiger partial charge in [-0.3, -0.25) is 10.1 Å². The summed E-state index contributed by atoms with van der Waals surface area (Å²) in [5.74, 6) is -0.712. The van der Waals surface area contributed by atoms with Gasteiger partial charge >= 0.3 is 5.97 Å². The van der Waals surface area contributed by atoms with E-state index in [1.165, 1.54) is 19.2 Å². The molecule has 2 N–H and O–H groups in total. The van der Waals surface area contributed by atoms with Gasteiger partial charge in [-0.2, -0.15) is 0 Å². The number of nitro benzene ring substituents is 1. The van der Waals surface area contributed by atoms with E-state index < -0.39 is 16.6 Å². The molecule has 0 amide bonds. The zero-order valence-corrected chi connectivity index (χ0v) is 11.1. The lowest BCUT2D eigenvalue weighted by Crippen LogP contribution is -2.03. The monoisotopic (exact) mass is 288 g/mol. The molecule has 0 saturated carbocycles. The fourth-order valence-corrected chi connectivity index (χ4v) is 1.81. The molecule has 0 aliphatic rings. The van der Waals surface area contributed by atoms with Gasteiger partial charge in [-0.15, -0.1) is 0 Å². The maximum Gasteiger partial charge on any atom is 0.342 e. The third kappa shape index (κ3) is 3.27. The van der Waals surface area contributed by atoms with Gasteiger partial charge in [-0.05, 0) is 24.3 Å². The van der Waals surface area contributed by atoms with Crippen LogP contribution in [0.4, 0.5) is 17.1 Å². The summed E-state index contributed by atoms with van der Waals surface area (Å²) in [7, 11) is 1.54. The Hall–Kier alpha value is -3.09. The first-order chi connectivity index (χ1) is 10.0. The number of ether oxygens (including phenoxy) is 1. The molecule has 0 aromatic heterocycles. The van der Waals surface area contributed by atoms with Gasteiger partial charge in [-0.25, -0.2) is 4.79 Å². The van der Waals surface area contributed by atoms with Gasteiger partial charge in [-0.1, -0.05) is 6.07 Å². The SMILES string of the molecule is COc1cccc(Nc2ccc([N+](=O)[O-])c(C(=O)O)c2)c1. The Bertz CT molecular complexity index is 700. The molecule has 0 spiro atoms. The molecule has 7 heteroatoms. The highest BCUT2D eigenvalue weighted by Gasteiger charge is 2.19. The number of carbonyl (C=O) groups is 1. The summed E-state index contributed by atoms with van der Waals surface area (Å²) < 4.78 is 5.08. The third-order valence-electron chi connectivity index (χ3n) is 2.78. The second kappa shape index (κ2) is 5.91. The molecule has 2 aromatic rings. The summed E-state index contributed by atoms with van der Waals surface area (Å²) in [5.41, 5.74) is 0.303. The van der Waals surface area contributed by atoms with Crippen molar-refractivity contribution in [3.8, 4) is 5.75 Å². The number of methoxy groups -OCH3 is 1. The Labute approximate surface area is 119 Å². The summed E-state index contributed by atoms with van der Waals surface area (Å²) in [6, 6.07) is 10.9. The van der Waals surface area contributed by atoms with Crippen molar-refractivity contribution in [2.45, 2.75) is 0 Å². The molecule has 7 nitrogen and oxygen atoms in total. The number of carboxylic acids is 1. The zero-order chi connectivity index (χ0) is 15.4. The standard InChI is InChI=1S/C14H12N2O5/c1-21-11-4-2-3-9(7-11)15-10-5-6-13(16(19)20)12(8-10)14(17)18/h2-8,15H,1H3,(H,17,18). The van der Waals surface area contributed by atoms with E-state index in [1.54, 1.807) is 24.3 Å². The number of carboxylic acid groups (broad SMARTS) is 1. The van der Waals surface area contributed by atoms with Crippen molar-refractivity contribution < 1.29 is 19.6 Å². The molecular weight excluding hydrogens is 276 g/mol. The number of nitro groups is 1. The molecule has 0 radical (unpaired) electrons. The Morgan fingerprint density at radius 3 is 2.57 bits per heavy atom. The number of nitrogens with zero attached hydrogens (tertiary/aromatic N) is 1. The lowest BCUT2D eigenvalue weighted by atomic mass is 10.1. The molecule has 0 aliphatic heterocycles. The second-order valence-corrected chi connectivity index (χ2v) is 4.15. The first-order valence-electron chi connectivity index (χ1n) is 5.94. The Morgan fingerprint density at radius 2 is 1.95 bits per heavy atom. The molecule has 21 heavy (non-hydrogen) atoms. The van der Waals surface area contributed by atoms with Crippen LogP contribution in [0.5, 0.6) is 5.75 Å². The molecule has 0 bridgehead atoms. The van der Waals surface area contributed by atoms with Crippen LogP contribution in [0.15, 0.2) is 42.5 Å². The van der Waals surface area contributed by atoms with E-state index in [4.69, 9.17) is 9.84 Å². The lowest BCUT2D eigenvalue weighted by molar-refractivity contribution is -0.385. The lowest BCUT2D eigenvalue weighted by Gasteiger charge is -2.09. The molecule has 0 heterocycles. The maximum absolute atomic E-state index is 11.1. The number of aromatic carboxylic acids is 1. The van der Waals surface area contributed by atoms with Gasteiger partial charge in [0.2, 0.25) is 0 Å². The molecule has 0 unspecified atom stereocenters. The Kier molecular flexibility index (Phi) is 4.03. The minimum Gasteiger partial charge on any atom is -0.497 e. The van der Waals surface area contributed by atoms with Gasteiger partial charge in [0, 0.05) is 23.5 Å². The van der Waals surface area contributed by atoms with Gasteiger partial charge in [0.25, 0.3) is 5.69 Å². The maximum atomic E-state index is 11.1. The van der Waals surface area contributed by atoms with E-state index >= 15 is 0 Å². The van der Waals surface area contributed by atoms with Crippen LogP contribution in [-0.2, 0) is 0 Å². The first-order valence-corrected chi connectivity index (χ1v) is 5.94. The van der Waals surface area contributed by atoms with Crippen LogP contribution in [0, 0.1) is 10.1 Å². The number of hydrogen-bond acceptors (Lipinski definition) is 5. The summed E-state index contributed by atoms with van der Waals surface area (Å²) in [5, 5.41) is 22.8. The minimum atomic E-state index is -1.35. The summed E-state index contributed by atoms with van der Waals surface area (Å²) in [4.78, 5) is 21.1. The van der Waals surface area contributed by atoms with Crippen molar-refractivity contribution in [1.29, 1.82) is 0 Å². The first kappa shape index (κ1) is 14.3. The van der Waals surface area contributed by atoms with E-state index in [0.29, 0.717) is 17.1 Å². The van der Waals surface area contributed by atoms with E-state index in [-0.39, 0.29) is 5.56 Å². The highest BCUT2D eigenvalue weighted by Crippen LogP contribution is 2.26. The van der Waals surface area contributed by atoms with Crippen LogP contribution in [0.25, 0.3) is 0 Å². The number of benzene rings is 2. The number of rotatable bonds is 5. The average Bonchev–Trinajstić information content (AvgIpc) is 2.47. The zero-order valence-electron chi connectivity index (χ0n) is 11.1. The highest BCUT2D eigenvalue weighted by atomic mass is 16.6. The predicted octanol–water partition coefficient (Wildman–Crippen LogP) is 3.05. The van der Waals surface area contributed by atoms with Crippen LogP contribution in [0.1, 0.15) is 10.4 Å². The van der Waals surface area contributed by atoms with Crippen molar-refractivity contribution in [3.63, 3.8) is 0 Å². The van der Waals surface area contributed by atoms with E-state index in [1.807, 2.05) is 0 Å². The van der Waals surface area contributed by atoms with E-state index in [2.05, 4.69) is 5.32 Å². The van der Waals surface area contributed by atoms with Crippen LogP contribution in [-0.4, -0.2) is 23.1 Å². The average molecular weight is 288 g/mol. The largest absolute Gasteiger partial charge is 0.497 e. The summed E-state index contributed by atoms with van der Waals surface area (Å²) in [6.45, 7) is 0. The summed E-state index contributed by atoms with van der Waals surface area (Å²) >= 11 is 0. The third-order valence-corrected chi connectivity index (χ3v) is 2.78. The number of hydrogen-bond donors (Lipinski definition) is 2. The fourth-order valence-electron chi connectivity index (χ4n) is 1.81. The molecule has 0 saturated heterocycles. The molecule has 0 atom stereocenters.